The zero-order valence-corrected chi connectivity index (χ0v) is 9.24. The van der Waals surface area contributed by atoms with Gasteiger partial charge in [0.25, 0.3) is 0 Å². The summed E-state index contributed by atoms with van der Waals surface area (Å²) < 4.78 is 0. The lowest BCUT2D eigenvalue weighted by atomic mass is 10.0. The number of hydrogen-bond donors (Lipinski definition) is 1. The maximum absolute atomic E-state index is 8.66. The van der Waals surface area contributed by atoms with Crippen LogP contribution in [0.3, 0.4) is 0 Å². The standard InChI is InChI=1S/C13H18N2/c1-2-3-4-5-13(15)12-8-6-11(10-14)7-9-12/h6-9,13H,2-5,15H2,1H3/t13-/m0/s1. The van der Waals surface area contributed by atoms with Gasteiger partial charge < -0.3 is 5.73 Å². The van der Waals surface area contributed by atoms with E-state index in [2.05, 4.69) is 13.0 Å². The van der Waals surface area contributed by atoms with E-state index >= 15 is 0 Å². The van der Waals surface area contributed by atoms with Gasteiger partial charge in [0.1, 0.15) is 0 Å². The molecule has 0 saturated heterocycles. The van der Waals surface area contributed by atoms with Crippen LogP contribution in [0, 0.1) is 11.3 Å². The van der Waals surface area contributed by atoms with Crippen molar-refractivity contribution in [3.8, 4) is 6.07 Å². The Kier molecular flexibility index (Phi) is 4.86. The summed E-state index contributed by atoms with van der Waals surface area (Å²) in [6.07, 6.45) is 4.67. The highest BCUT2D eigenvalue weighted by molar-refractivity contribution is 5.32. The summed E-state index contributed by atoms with van der Waals surface area (Å²) in [5.41, 5.74) is 7.87. The minimum Gasteiger partial charge on any atom is -0.324 e. The molecule has 0 fully saturated rings. The van der Waals surface area contributed by atoms with Gasteiger partial charge in [0.2, 0.25) is 0 Å². The fraction of sp³-hybridized carbons (Fsp3) is 0.462. The molecule has 0 aromatic heterocycles. The zero-order valence-electron chi connectivity index (χ0n) is 9.24. The second-order valence-corrected chi connectivity index (χ2v) is 3.84. The Labute approximate surface area is 91.7 Å². The summed E-state index contributed by atoms with van der Waals surface area (Å²) in [7, 11) is 0. The molecule has 0 aliphatic heterocycles. The lowest BCUT2D eigenvalue weighted by molar-refractivity contribution is 0.581. The van der Waals surface area contributed by atoms with Gasteiger partial charge in [-0.15, -0.1) is 0 Å². The average molecular weight is 202 g/mol. The van der Waals surface area contributed by atoms with Gasteiger partial charge in [0.05, 0.1) is 11.6 Å². The molecule has 0 amide bonds. The molecule has 80 valence electrons. The quantitative estimate of drug-likeness (QED) is 0.746. The molecule has 1 aromatic carbocycles. The van der Waals surface area contributed by atoms with Gasteiger partial charge in [-0.2, -0.15) is 5.26 Å². The molecule has 1 atom stereocenters. The normalized spacial score (nSPS) is 12.1. The number of hydrogen-bond acceptors (Lipinski definition) is 2. The molecule has 0 unspecified atom stereocenters. The monoisotopic (exact) mass is 202 g/mol. The van der Waals surface area contributed by atoms with E-state index in [1.165, 1.54) is 19.3 Å². The molecule has 2 nitrogen and oxygen atoms in total. The maximum atomic E-state index is 8.66. The van der Waals surface area contributed by atoms with E-state index in [4.69, 9.17) is 11.0 Å². The Morgan fingerprint density at radius 3 is 2.47 bits per heavy atom. The SMILES string of the molecule is CCCCC[C@H](N)c1ccc(C#N)cc1. The van der Waals surface area contributed by atoms with E-state index in [0.717, 1.165) is 12.0 Å². The molecule has 0 aliphatic carbocycles. The van der Waals surface area contributed by atoms with Crippen LogP contribution >= 0.6 is 0 Å². The van der Waals surface area contributed by atoms with E-state index in [9.17, 15) is 0 Å². The topological polar surface area (TPSA) is 49.8 Å². The lowest BCUT2D eigenvalue weighted by Crippen LogP contribution is -2.09. The number of nitriles is 1. The summed E-state index contributed by atoms with van der Waals surface area (Å²) in [6, 6.07) is 9.78. The fourth-order valence-corrected chi connectivity index (χ4v) is 1.59. The average Bonchev–Trinajstić information content (AvgIpc) is 2.29. The van der Waals surface area contributed by atoms with Crippen LogP contribution in [0.25, 0.3) is 0 Å². The predicted octanol–water partition coefficient (Wildman–Crippen LogP) is 3.14. The van der Waals surface area contributed by atoms with E-state index < -0.39 is 0 Å². The molecule has 2 heteroatoms. The van der Waals surface area contributed by atoms with Gasteiger partial charge in [0, 0.05) is 6.04 Å². The van der Waals surface area contributed by atoms with E-state index in [1.54, 1.807) is 0 Å². The molecule has 0 bridgehead atoms. The highest BCUT2D eigenvalue weighted by Gasteiger charge is 2.04. The molecule has 0 aliphatic rings. The van der Waals surface area contributed by atoms with Crippen LogP contribution in [0.2, 0.25) is 0 Å². The minimum atomic E-state index is 0.115. The second kappa shape index (κ2) is 6.21. The second-order valence-electron chi connectivity index (χ2n) is 3.84. The van der Waals surface area contributed by atoms with Gasteiger partial charge in [-0.1, -0.05) is 38.3 Å². The Bertz CT molecular complexity index is 321. The van der Waals surface area contributed by atoms with Gasteiger partial charge in [0.15, 0.2) is 0 Å². The molecule has 15 heavy (non-hydrogen) atoms. The predicted molar refractivity (Wildman–Crippen MR) is 62.2 cm³/mol. The molecule has 0 spiro atoms. The van der Waals surface area contributed by atoms with E-state index in [0.29, 0.717) is 5.56 Å². The van der Waals surface area contributed by atoms with Crippen molar-refractivity contribution in [2.24, 2.45) is 5.73 Å². The smallest absolute Gasteiger partial charge is 0.0991 e. The van der Waals surface area contributed by atoms with E-state index in [-0.39, 0.29) is 6.04 Å². The Hall–Kier alpha value is -1.33. The van der Waals surface area contributed by atoms with Gasteiger partial charge >= 0.3 is 0 Å². The van der Waals surface area contributed by atoms with Gasteiger partial charge in [-0.25, -0.2) is 0 Å². The number of benzene rings is 1. The number of nitrogens with two attached hydrogens (primary N) is 1. The van der Waals surface area contributed by atoms with Crippen molar-refractivity contribution >= 4 is 0 Å². The van der Waals surface area contributed by atoms with Crippen LogP contribution < -0.4 is 5.73 Å². The molecular formula is C13H18N2. The van der Waals surface area contributed by atoms with E-state index in [1.807, 2.05) is 24.3 Å². The number of unbranched alkanes of at least 4 members (excludes halogenated alkanes) is 2. The summed E-state index contributed by atoms with van der Waals surface area (Å²) in [5.74, 6) is 0. The first kappa shape index (κ1) is 11.7. The third-order valence-corrected chi connectivity index (χ3v) is 2.59. The Morgan fingerprint density at radius 2 is 1.93 bits per heavy atom. The first-order valence-electron chi connectivity index (χ1n) is 5.53. The highest BCUT2D eigenvalue weighted by atomic mass is 14.6. The third kappa shape index (κ3) is 3.73. The van der Waals surface area contributed by atoms with Crippen LogP contribution in [0.15, 0.2) is 24.3 Å². The van der Waals surface area contributed by atoms with Crippen molar-refractivity contribution in [1.82, 2.24) is 0 Å². The van der Waals surface area contributed by atoms with Crippen molar-refractivity contribution in [2.45, 2.75) is 38.6 Å². The molecule has 1 aromatic rings. The third-order valence-electron chi connectivity index (χ3n) is 2.59. The summed E-state index contributed by atoms with van der Waals surface area (Å²) in [6.45, 7) is 2.19. The summed E-state index contributed by atoms with van der Waals surface area (Å²) >= 11 is 0. The molecule has 1 rings (SSSR count). The first-order chi connectivity index (χ1) is 7.27. The first-order valence-corrected chi connectivity index (χ1v) is 5.53. The molecule has 0 radical (unpaired) electrons. The Balaban J connectivity index is 2.51. The zero-order chi connectivity index (χ0) is 11.1. The highest BCUT2D eigenvalue weighted by Crippen LogP contribution is 2.17. The van der Waals surface area contributed by atoms with Crippen molar-refractivity contribution in [1.29, 1.82) is 5.26 Å². The van der Waals surface area contributed by atoms with Gasteiger partial charge in [-0.05, 0) is 24.1 Å². The van der Waals surface area contributed by atoms with Crippen LogP contribution in [0.4, 0.5) is 0 Å². The summed E-state index contributed by atoms with van der Waals surface area (Å²) in [5, 5.41) is 8.66. The summed E-state index contributed by atoms with van der Waals surface area (Å²) in [4.78, 5) is 0. The van der Waals surface area contributed by atoms with Crippen LogP contribution in [0.1, 0.15) is 49.8 Å². The van der Waals surface area contributed by atoms with Crippen molar-refractivity contribution < 1.29 is 0 Å². The molecular weight excluding hydrogens is 184 g/mol. The number of nitrogens with zero attached hydrogens (tertiary/aromatic N) is 1. The molecule has 2 N–H and O–H groups in total. The van der Waals surface area contributed by atoms with Crippen LogP contribution in [0.5, 0.6) is 0 Å². The largest absolute Gasteiger partial charge is 0.324 e. The molecule has 0 heterocycles. The Morgan fingerprint density at radius 1 is 1.27 bits per heavy atom. The fourth-order valence-electron chi connectivity index (χ4n) is 1.59. The molecule has 0 saturated carbocycles. The lowest BCUT2D eigenvalue weighted by Gasteiger charge is -2.11. The van der Waals surface area contributed by atoms with Crippen LogP contribution in [-0.4, -0.2) is 0 Å². The minimum absolute atomic E-state index is 0.115. The van der Waals surface area contributed by atoms with Crippen molar-refractivity contribution in [3.63, 3.8) is 0 Å². The van der Waals surface area contributed by atoms with Crippen LogP contribution in [-0.2, 0) is 0 Å². The maximum Gasteiger partial charge on any atom is 0.0991 e. The van der Waals surface area contributed by atoms with Crippen molar-refractivity contribution in [2.75, 3.05) is 0 Å². The van der Waals surface area contributed by atoms with Gasteiger partial charge in [-0.3, -0.25) is 0 Å². The van der Waals surface area contributed by atoms with Crippen molar-refractivity contribution in [3.05, 3.63) is 35.4 Å². The number of rotatable bonds is 5.